The molecule has 3 heterocycles. The Balaban J connectivity index is 1.43. The summed E-state index contributed by atoms with van der Waals surface area (Å²) in [4.78, 5) is 14.8. The van der Waals surface area contributed by atoms with E-state index in [4.69, 9.17) is 11.6 Å². The summed E-state index contributed by atoms with van der Waals surface area (Å²) in [5, 5.41) is 4.05. The van der Waals surface area contributed by atoms with Gasteiger partial charge in [-0.3, -0.25) is 4.90 Å². The van der Waals surface area contributed by atoms with Crippen LogP contribution in [0.3, 0.4) is 0 Å². The average molecular weight is 345 g/mol. The molecule has 1 saturated heterocycles. The van der Waals surface area contributed by atoms with Crippen LogP contribution in [-0.2, 0) is 6.54 Å². The Bertz CT molecular complexity index is 794. The molecule has 0 N–H and O–H groups in total. The first-order valence-electron chi connectivity index (χ1n) is 7.69. The standard InChI is InChI=1S/C17H17ClN4S/c18-14-3-1-13(2-4-14)11-21-6-8-22(9-7-21)16-15-5-10-23-17(15)20-12-19-16/h1-5,10,12H,6-9,11H2. The van der Waals surface area contributed by atoms with Crippen molar-refractivity contribution < 1.29 is 0 Å². The second kappa shape index (κ2) is 6.43. The van der Waals surface area contributed by atoms with Gasteiger partial charge in [0.05, 0.1) is 5.39 Å². The molecule has 0 radical (unpaired) electrons. The highest BCUT2D eigenvalue weighted by Crippen LogP contribution is 2.27. The molecule has 23 heavy (non-hydrogen) atoms. The molecular formula is C17H17ClN4S. The molecule has 3 aromatic rings. The van der Waals surface area contributed by atoms with Crippen LogP contribution in [0.1, 0.15) is 5.56 Å². The number of thiophene rings is 1. The normalized spacial score (nSPS) is 16.1. The van der Waals surface area contributed by atoms with Crippen LogP contribution in [0.2, 0.25) is 5.02 Å². The molecule has 0 unspecified atom stereocenters. The zero-order valence-corrected chi connectivity index (χ0v) is 14.2. The lowest BCUT2D eigenvalue weighted by Gasteiger charge is -2.35. The summed E-state index contributed by atoms with van der Waals surface area (Å²) in [6, 6.07) is 10.3. The Hall–Kier alpha value is -1.69. The minimum absolute atomic E-state index is 0.794. The maximum absolute atomic E-state index is 5.95. The number of nitrogens with zero attached hydrogens (tertiary/aromatic N) is 4. The van der Waals surface area contributed by atoms with Gasteiger partial charge < -0.3 is 4.90 Å². The highest BCUT2D eigenvalue weighted by Gasteiger charge is 2.20. The van der Waals surface area contributed by atoms with Gasteiger partial charge in [0.2, 0.25) is 0 Å². The van der Waals surface area contributed by atoms with E-state index in [1.807, 2.05) is 12.1 Å². The van der Waals surface area contributed by atoms with Crippen molar-refractivity contribution >= 4 is 39.0 Å². The minimum Gasteiger partial charge on any atom is -0.353 e. The summed E-state index contributed by atoms with van der Waals surface area (Å²) in [6.07, 6.45) is 1.67. The summed E-state index contributed by atoms with van der Waals surface area (Å²) in [5.74, 6) is 1.07. The molecule has 1 aliphatic rings. The molecule has 4 nitrogen and oxygen atoms in total. The summed E-state index contributed by atoms with van der Waals surface area (Å²) in [5.41, 5.74) is 1.31. The number of aromatic nitrogens is 2. The SMILES string of the molecule is Clc1ccc(CN2CCN(c3ncnc4sccc34)CC2)cc1. The maximum atomic E-state index is 5.95. The summed E-state index contributed by atoms with van der Waals surface area (Å²) >= 11 is 7.62. The number of halogens is 1. The first kappa shape index (κ1) is 14.9. The smallest absolute Gasteiger partial charge is 0.140 e. The average Bonchev–Trinajstić information content (AvgIpc) is 3.06. The zero-order valence-electron chi connectivity index (χ0n) is 12.7. The lowest BCUT2D eigenvalue weighted by Crippen LogP contribution is -2.46. The molecular weight excluding hydrogens is 328 g/mol. The molecule has 0 aliphatic carbocycles. The zero-order chi connectivity index (χ0) is 15.6. The molecule has 0 bridgehead atoms. The fourth-order valence-corrected chi connectivity index (χ4v) is 3.85. The Kier molecular flexibility index (Phi) is 4.16. The van der Waals surface area contributed by atoms with E-state index in [9.17, 15) is 0 Å². The number of hydrogen-bond acceptors (Lipinski definition) is 5. The predicted octanol–water partition coefficient (Wildman–Crippen LogP) is 3.67. The van der Waals surface area contributed by atoms with Crippen LogP contribution in [-0.4, -0.2) is 41.0 Å². The van der Waals surface area contributed by atoms with Crippen LogP contribution in [0.25, 0.3) is 10.2 Å². The van der Waals surface area contributed by atoms with Gasteiger partial charge in [0.1, 0.15) is 17.0 Å². The third kappa shape index (κ3) is 3.17. The Labute approximate surface area is 144 Å². The van der Waals surface area contributed by atoms with Crippen molar-refractivity contribution in [3.8, 4) is 0 Å². The van der Waals surface area contributed by atoms with Gasteiger partial charge in [-0.2, -0.15) is 0 Å². The Morgan fingerprint density at radius 3 is 2.57 bits per heavy atom. The molecule has 0 spiro atoms. The lowest BCUT2D eigenvalue weighted by atomic mass is 10.2. The van der Waals surface area contributed by atoms with Gasteiger partial charge in [0, 0.05) is 37.7 Å². The van der Waals surface area contributed by atoms with Crippen molar-refractivity contribution in [3.05, 3.63) is 52.6 Å². The molecule has 1 aromatic carbocycles. The van der Waals surface area contributed by atoms with Gasteiger partial charge in [-0.15, -0.1) is 11.3 Å². The van der Waals surface area contributed by atoms with Crippen molar-refractivity contribution in [2.45, 2.75) is 6.54 Å². The molecule has 1 aliphatic heterocycles. The van der Waals surface area contributed by atoms with Gasteiger partial charge in [-0.25, -0.2) is 9.97 Å². The predicted molar refractivity (Wildman–Crippen MR) is 96.4 cm³/mol. The van der Waals surface area contributed by atoms with E-state index in [1.165, 1.54) is 10.9 Å². The van der Waals surface area contributed by atoms with Crippen LogP contribution >= 0.6 is 22.9 Å². The Morgan fingerprint density at radius 1 is 1.00 bits per heavy atom. The fraction of sp³-hybridized carbons (Fsp3) is 0.294. The number of hydrogen-bond donors (Lipinski definition) is 0. The van der Waals surface area contributed by atoms with E-state index in [0.717, 1.165) is 48.4 Å². The summed E-state index contributed by atoms with van der Waals surface area (Å²) < 4.78 is 0. The van der Waals surface area contributed by atoms with E-state index in [-0.39, 0.29) is 0 Å². The minimum atomic E-state index is 0.794. The molecule has 2 aromatic heterocycles. The van der Waals surface area contributed by atoms with E-state index in [0.29, 0.717) is 0 Å². The molecule has 6 heteroatoms. The third-order valence-corrected chi connectivity index (χ3v) is 5.30. The molecule has 4 rings (SSSR count). The second-order valence-corrected chi connectivity index (χ2v) is 7.06. The highest BCUT2D eigenvalue weighted by atomic mass is 35.5. The number of piperazine rings is 1. The highest BCUT2D eigenvalue weighted by molar-refractivity contribution is 7.16. The van der Waals surface area contributed by atoms with Crippen LogP contribution in [0.5, 0.6) is 0 Å². The lowest BCUT2D eigenvalue weighted by molar-refractivity contribution is 0.249. The van der Waals surface area contributed by atoms with E-state index < -0.39 is 0 Å². The van der Waals surface area contributed by atoms with E-state index in [2.05, 4.69) is 43.3 Å². The number of anilines is 1. The monoisotopic (exact) mass is 344 g/mol. The molecule has 0 atom stereocenters. The van der Waals surface area contributed by atoms with Gasteiger partial charge in [0.25, 0.3) is 0 Å². The quantitative estimate of drug-likeness (QED) is 0.725. The summed E-state index contributed by atoms with van der Waals surface area (Å²) in [7, 11) is 0. The molecule has 0 amide bonds. The molecule has 1 fully saturated rings. The van der Waals surface area contributed by atoms with Crippen LogP contribution in [0, 0.1) is 0 Å². The first-order chi connectivity index (χ1) is 11.3. The van der Waals surface area contributed by atoms with Crippen molar-refractivity contribution in [2.24, 2.45) is 0 Å². The van der Waals surface area contributed by atoms with Crippen molar-refractivity contribution in [2.75, 3.05) is 31.1 Å². The van der Waals surface area contributed by atoms with Crippen LogP contribution in [0.15, 0.2) is 42.0 Å². The Morgan fingerprint density at radius 2 is 1.78 bits per heavy atom. The van der Waals surface area contributed by atoms with Gasteiger partial charge in [0.15, 0.2) is 0 Å². The van der Waals surface area contributed by atoms with Gasteiger partial charge >= 0.3 is 0 Å². The largest absolute Gasteiger partial charge is 0.353 e. The summed E-state index contributed by atoms with van der Waals surface area (Å²) in [6.45, 7) is 5.05. The van der Waals surface area contributed by atoms with Gasteiger partial charge in [-0.1, -0.05) is 23.7 Å². The third-order valence-electron chi connectivity index (χ3n) is 4.23. The van der Waals surface area contributed by atoms with Crippen molar-refractivity contribution in [3.63, 3.8) is 0 Å². The second-order valence-electron chi connectivity index (χ2n) is 5.73. The number of rotatable bonds is 3. The first-order valence-corrected chi connectivity index (χ1v) is 8.95. The van der Waals surface area contributed by atoms with Gasteiger partial charge in [-0.05, 0) is 29.1 Å². The van der Waals surface area contributed by atoms with E-state index in [1.54, 1.807) is 17.7 Å². The molecule has 0 saturated carbocycles. The number of benzene rings is 1. The van der Waals surface area contributed by atoms with E-state index >= 15 is 0 Å². The van der Waals surface area contributed by atoms with Crippen molar-refractivity contribution in [1.29, 1.82) is 0 Å². The maximum Gasteiger partial charge on any atom is 0.140 e. The molecule has 118 valence electrons. The van der Waals surface area contributed by atoms with Crippen LogP contribution < -0.4 is 4.90 Å². The van der Waals surface area contributed by atoms with Crippen molar-refractivity contribution in [1.82, 2.24) is 14.9 Å². The fourth-order valence-electron chi connectivity index (χ4n) is 2.99. The number of fused-ring (bicyclic) bond motifs is 1. The topological polar surface area (TPSA) is 32.3 Å². The van der Waals surface area contributed by atoms with Crippen LogP contribution in [0.4, 0.5) is 5.82 Å².